The van der Waals surface area contributed by atoms with Gasteiger partial charge >= 0.3 is 0 Å². The Labute approximate surface area is 109 Å². The van der Waals surface area contributed by atoms with Gasteiger partial charge in [0, 0.05) is 18.7 Å². The topological polar surface area (TPSA) is 106 Å². The molecule has 2 atom stereocenters. The molecule has 2 aromatic rings. The minimum absolute atomic E-state index is 0.169. The van der Waals surface area contributed by atoms with Gasteiger partial charge in [-0.15, -0.1) is 0 Å². The molecule has 1 fully saturated rings. The fraction of sp³-hybridized carbons (Fsp3) is 0.273. The van der Waals surface area contributed by atoms with Crippen LogP contribution in [0.5, 0.6) is 0 Å². The fourth-order valence-electron chi connectivity index (χ4n) is 2.06. The Morgan fingerprint density at radius 2 is 2.21 bits per heavy atom. The van der Waals surface area contributed by atoms with E-state index in [2.05, 4.69) is 43.6 Å². The van der Waals surface area contributed by atoms with Gasteiger partial charge in [0.05, 0.1) is 6.04 Å². The highest BCUT2D eigenvalue weighted by molar-refractivity contribution is 5.63. The highest BCUT2D eigenvalue weighted by Gasteiger charge is 2.26. The zero-order valence-corrected chi connectivity index (χ0v) is 10.1. The number of nitrogen functional groups attached to an aromatic ring is 1. The molecule has 1 saturated heterocycles. The minimum Gasteiger partial charge on any atom is -0.365 e. The fourth-order valence-corrected chi connectivity index (χ4v) is 2.06. The summed E-state index contributed by atoms with van der Waals surface area (Å²) in [5, 5.41) is 14.9. The third-order valence-corrected chi connectivity index (χ3v) is 3.03. The van der Waals surface area contributed by atoms with Crippen LogP contribution >= 0.6 is 0 Å². The first-order valence-electron chi connectivity index (χ1n) is 5.96. The number of benzene rings is 1. The van der Waals surface area contributed by atoms with E-state index in [-0.39, 0.29) is 17.9 Å². The zero-order valence-electron chi connectivity index (χ0n) is 10.1. The monoisotopic (exact) mass is 258 g/mol. The molecule has 0 saturated carbocycles. The molecule has 2 unspecified atom stereocenters. The maximum absolute atomic E-state index is 5.55. The second-order valence-corrected chi connectivity index (χ2v) is 4.27. The highest BCUT2D eigenvalue weighted by atomic mass is 15.7. The first-order chi connectivity index (χ1) is 9.34. The average Bonchev–Trinajstić information content (AvgIpc) is 3.06. The molecule has 0 spiro atoms. The first kappa shape index (κ1) is 11.8. The van der Waals surface area contributed by atoms with Gasteiger partial charge in [-0.2, -0.15) is 5.10 Å². The van der Waals surface area contributed by atoms with Gasteiger partial charge in [-0.25, -0.2) is 5.43 Å². The number of nitrogens with one attached hydrogen (secondary N) is 2. The van der Waals surface area contributed by atoms with Crippen LogP contribution in [0.1, 0.15) is 11.6 Å². The van der Waals surface area contributed by atoms with Crippen molar-refractivity contribution in [3.63, 3.8) is 0 Å². The van der Waals surface area contributed by atoms with Crippen molar-refractivity contribution in [1.29, 1.82) is 0 Å². The van der Waals surface area contributed by atoms with Crippen LogP contribution in [0.3, 0.4) is 0 Å². The van der Waals surface area contributed by atoms with Crippen LogP contribution in [0.15, 0.2) is 35.4 Å². The summed E-state index contributed by atoms with van der Waals surface area (Å²) < 4.78 is 0. The van der Waals surface area contributed by atoms with Crippen LogP contribution < -0.4 is 16.6 Å². The molecule has 98 valence electrons. The summed E-state index contributed by atoms with van der Waals surface area (Å²) in [6, 6.07) is 10.4. The lowest BCUT2D eigenvalue weighted by Crippen LogP contribution is -2.25. The molecule has 8 nitrogen and oxygen atoms in total. The molecular formula is C11H14N8. The van der Waals surface area contributed by atoms with E-state index in [4.69, 9.17) is 5.73 Å². The average molecular weight is 258 g/mol. The van der Waals surface area contributed by atoms with E-state index < -0.39 is 0 Å². The van der Waals surface area contributed by atoms with E-state index in [9.17, 15) is 0 Å². The number of tetrazole rings is 1. The van der Waals surface area contributed by atoms with Crippen LogP contribution in [-0.4, -0.2) is 33.1 Å². The van der Waals surface area contributed by atoms with Crippen molar-refractivity contribution >= 4 is 12.2 Å². The second kappa shape index (κ2) is 5.12. The highest BCUT2D eigenvalue weighted by Crippen LogP contribution is 2.23. The SMILES string of the molecule is Nc1nnnn1/N=C/C1CNNC1c1ccccc1. The molecule has 1 aromatic heterocycles. The summed E-state index contributed by atoms with van der Waals surface area (Å²) in [5.74, 6) is 0.373. The van der Waals surface area contributed by atoms with Crippen molar-refractivity contribution in [2.75, 3.05) is 12.3 Å². The van der Waals surface area contributed by atoms with Crippen LogP contribution in [0.2, 0.25) is 0 Å². The standard InChI is InChI=1S/C11H14N8/c12-11-16-17-18-19(11)14-7-9-6-13-15-10(9)8-4-2-1-3-5-8/h1-5,7,9-10,13,15H,6H2,(H2,12,16,18)/b14-7+. The molecule has 3 rings (SSSR count). The lowest BCUT2D eigenvalue weighted by Gasteiger charge is -2.14. The molecule has 1 aliphatic rings. The summed E-state index contributed by atoms with van der Waals surface area (Å²) in [6.07, 6.45) is 1.80. The van der Waals surface area contributed by atoms with E-state index in [0.717, 1.165) is 6.54 Å². The molecule has 19 heavy (non-hydrogen) atoms. The second-order valence-electron chi connectivity index (χ2n) is 4.27. The predicted octanol–water partition coefficient (Wildman–Crippen LogP) is -0.445. The van der Waals surface area contributed by atoms with Gasteiger partial charge in [-0.3, -0.25) is 5.43 Å². The third-order valence-electron chi connectivity index (χ3n) is 3.03. The molecule has 0 bridgehead atoms. The van der Waals surface area contributed by atoms with Crippen molar-refractivity contribution < 1.29 is 0 Å². The summed E-state index contributed by atoms with van der Waals surface area (Å²) in [7, 11) is 0. The van der Waals surface area contributed by atoms with E-state index >= 15 is 0 Å². The van der Waals surface area contributed by atoms with Gasteiger partial charge in [-0.1, -0.05) is 40.2 Å². The lowest BCUT2D eigenvalue weighted by molar-refractivity contribution is 0.554. The van der Waals surface area contributed by atoms with Gasteiger partial charge in [0.1, 0.15) is 0 Å². The molecule has 8 heteroatoms. The number of hydrogen-bond acceptors (Lipinski definition) is 7. The Balaban J connectivity index is 1.77. The number of nitrogens with two attached hydrogens (primary N) is 1. The predicted molar refractivity (Wildman–Crippen MR) is 69.9 cm³/mol. The number of hydrogen-bond donors (Lipinski definition) is 3. The molecule has 0 amide bonds. The molecular weight excluding hydrogens is 244 g/mol. The minimum atomic E-state index is 0.169. The first-order valence-corrected chi connectivity index (χ1v) is 5.96. The number of hydrazine groups is 1. The Hall–Kier alpha value is -2.32. The summed E-state index contributed by atoms with van der Waals surface area (Å²) >= 11 is 0. The van der Waals surface area contributed by atoms with Crippen molar-refractivity contribution in [2.24, 2.45) is 11.0 Å². The van der Waals surface area contributed by atoms with Gasteiger partial charge in [0.25, 0.3) is 5.95 Å². The van der Waals surface area contributed by atoms with Crippen LogP contribution in [0.25, 0.3) is 0 Å². The van der Waals surface area contributed by atoms with Crippen LogP contribution in [0, 0.1) is 5.92 Å². The van der Waals surface area contributed by atoms with Crippen molar-refractivity contribution in [2.45, 2.75) is 6.04 Å². The van der Waals surface area contributed by atoms with Gasteiger partial charge in [-0.05, 0) is 16.0 Å². The third kappa shape index (κ3) is 2.44. The Morgan fingerprint density at radius 1 is 1.37 bits per heavy atom. The smallest absolute Gasteiger partial charge is 0.263 e. The van der Waals surface area contributed by atoms with Crippen LogP contribution in [-0.2, 0) is 0 Å². The normalized spacial score (nSPS) is 23.2. The number of anilines is 1. The molecule has 2 heterocycles. The van der Waals surface area contributed by atoms with E-state index in [0.29, 0.717) is 0 Å². The number of aromatic nitrogens is 4. The van der Waals surface area contributed by atoms with E-state index in [1.165, 1.54) is 10.4 Å². The Kier molecular flexibility index (Phi) is 3.17. The maximum Gasteiger partial charge on any atom is 0.263 e. The quantitative estimate of drug-likeness (QED) is 0.644. The molecule has 4 N–H and O–H groups in total. The van der Waals surface area contributed by atoms with Crippen molar-refractivity contribution in [3.8, 4) is 0 Å². The number of rotatable bonds is 3. The largest absolute Gasteiger partial charge is 0.365 e. The van der Waals surface area contributed by atoms with E-state index in [1.54, 1.807) is 6.21 Å². The molecule has 0 aliphatic carbocycles. The van der Waals surface area contributed by atoms with Crippen LogP contribution in [0.4, 0.5) is 5.95 Å². The van der Waals surface area contributed by atoms with Gasteiger partial charge in [0.15, 0.2) is 0 Å². The molecule has 1 aliphatic heterocycles. The van der Waals surface area contributed by atoms with Crippen molar-refractivity contribution in [1.82, 2.24) is 31.2 Å². The summed E-state index contributed by atoms with van der Waals surface area (Å²) in [5.41, 5.74) is 13.1. The Bertz CT molecular complexity index is 563. The van der Waals surface area contributed by atoms with Gasteiger partial charge < -0.3 is 5.73 Å². The summed E-state index contributed by atoms with van der Waals surface area (Å²) in [4.78, 5) is 1.21. The van der Waals surface area contributed by atoms with Crippen molar-refractivity contribution in [3.05, 3.63) is 35.9 Å². The maximum atomic E-state index is 5.55. The Morgan fingerprint density at radius 3 is 2.95 bits per heavy atom. The van der Waals surface area contributed by atoms with E-state index in [1.807, 2.05) is 18.2 Å². The molecule has 0 radical (unpaired) electrons. The zero-order chi connectivity index (χ0) is 13.1. The lowest BCUT2D eigenvalue weighted by atomic mass is 9.96. The van der Waals surface area contributed by atoms with Gasteiger partial charge in [0.2, 0.25) is 0 Å². The molecule has 1 aromatic carbocycles. The summed E-state index contributed by atoms with van der Waals surface area (Å²) in [6.45, 7) is 0.783. The number of nitrogens with zero attached hydrogens (tertiary/aromatic N) is 5.